The fraction of sp³-hybridized carbons (Fsp3) is 0.302. The van der Waals surface area contributed by atoms with Crippen molar-refractivity contribution in [3.8, 4) is 17.2 Å². The summed E-state index contributed by atoms with van der Waals surface area (Å²) in [6.07, 6.45) is 4.15. The smallest absolute Gasteiger partial charge is 0.330 e. The van der Waals surface area contributed by atoms with Crippen LogP contribution in [0.3, 0.4) is 0 Å². The normalized spacial score (nSPS) is 16.3. The van der Waals surface area contributed by atoms with E-state index in [1.807, 2.05) is 122 Å². The minimum atomic E-state index is -1.73. The van der Waals surface area contributed by atoms with Gasteiger partial charge in [-0.3, -0.25) is 19.1 Å². The van der Waals surface area contributed by atoms with Crippen LogP contribution in [0.1, 0.15) is 60.6 Å². The number of carbonyl (C=O) groups excluding carboxylic acids is 1. The first-order valence-electron chi connectivity index (χ1n) is 23.2. The Morgan fingerprint density at radius 2 is 1.37 bits per heavy atom. The van der Waals surface area contributed by atoms with Gasteiger partial charge in [0.15, 0.2) is 0 Å². The van der Waals surface area contributed by atoms with E-state index in [-0.39, 0.29) is 18.6 Å². The van der Waals surface area contributed by atoms with Crippen molar-refractivity contribution in [3.63, 3.8) is 0 Å². The molecular formula is C53H59N7O10S. The average molecular weight is 986 g/mol. The largest absolute Gasteiger partial charge is 0.497 e. The van der Waals surface area contributed by atoms with Crippen LogP contribution in [-0.4, -0.2) is 85.0 Å². The van der Waals surface area contributed by atoms with Crippen LogP contribution < -0.4 is 39.8 Å². The Morgan fingerprint density at radius 1 is 0.803 bits per heavy atom. The molecule has 1 aromatic heterocycles. The summed E-state index contributed by atoms with van der Waals surface area (Å²) in [5, 5.41) is 22.7. The number of ether oxygens (including phenoxy) is 4. The maximum atomic E-state index is 13.1. The van der Waals surface area contributed by atoms with Crippen LogP contribution >= 0.6 is 0 Å². The number of aliphatic hydroxyl groups is 1. The highest BCUT2D eigenvalue weighted by Crippen LogP contribution is 2.43. The molecule has 1 aliphatic rings. The van der Waals surface area contributed by atoms with Crippen molar-refractivity contribution in [1.29, 1.82) is 0 Å². The molecule has 0 spiro atoms. The summed E-state index contributed by atoms with van der Waals surface area (Å²) < 4.78 is 46.1. The van der Waals surface area contributed by atoms with Gasteiger partial charge in [-0.15, -0.1) is 0 Å². The summed E-state index contributed by atoms with van der Waals surface area (Å²) in [4.78, 5) is 43.0. The molecule has 0 saturated carbocycles. The molecule has 71 heavy (non-hydrogen) atoms. The fourth-order valence-electron chi connectivity index (χ4n) is 7.96. The third kappa shape index (κ3) is 13.8. The number of aliphatic hydroxyl groups excluding tert-OH is 1. The van der Waals surface area contributed by atoms with Crippen molar-refractivity contribution in [3.05, 3.63) is 183 Å². The van der Waals surface area contributed by atoms with E-state index >= 15 is 0 Å². The summed E-state index contributed by atoms with van der Waals surface area (Å²) in [5.41, 5.74) is 2.32. The van der Waals surface area contributed by atoms with Gasteiger partial charge in [-0.2, -0.15) is 14.4 Å². The topological polar surface area (TPSA) is 207 Å². The number of aromatic nitrogens is 2. The third-order valence-corrected chi connectivity index (χ3v) is 12.6. The number of nitrogens with one attached hydrogen (secondary N) is 3. The molecular weight excluding hydrogens is 927 g/mol. The van der Waals surface area contributed by atoms with E-state index in [4.69, 9.17) is 23.1 Å². The molecule has 4 N–H and O–H groups in total. The molecule has 1 aliphatic heterocycles. The van der Waals surface area contributed by atoms with Gasteiger partial charge in [0.1, 0.15) is 35.2 Å². The van der Waals surface area contributed by atoms with Crippen LogP contribution in [0.25, 0.3) is 6.08 Å². The Labute approximate surface area is 414 Å². The van der Waals surface area contributed by atoms with E-state index in [9.17, 15) is 23.7 Å². The lowest BCUT2D eigenvalue weighted by molar-refractivity contribution is -0.116. The van der Waals surface area contributed by atoms with E-state index in [1.54, 1.807) is 38.5 Å². The minimum absolute atomic E-state index is 0.0343. The Morgan fingerprint density at radius 3 is 1.96 bits per heavy atom. The molecule has 7 rings (SSSR count). The van der Waals surface area contributed by atoms with Crippen molar-refractivity contribution < 1.29 is 37.2 Å². The van der Waals surface area contributed by atoms with Crippen molar-refractivity contribution in [1.82, 2.24) is 19.6 Å². The van der Waals surface area contributed by atoms with Crippen LogP contribution in [0, 0.1) is 0 Å². The van der Waals surface area contributed by atoms with E-state index in [0.717, 1.165) is 47.3 Å². The molecule has 17 nitrogen and oxygen atoms in total. The summed E-state index contributed by atoms with van der Waals surface area (Å²) in [6.45, 7) is 0.795. The Kier molecular flexibility index (Phi) is 18.2. The molecule has 18 heteroatoms. The maximum Gasteiger partial charge on any atom is 0.330 e. The van der Waals surface area contributed by atoms with Gasteiger partial charge in [0.05, 0.1) is 43.9 Å². The summed E-state index contributed by atoms with van der Waals surface area (Å²) in [7, 11) is 7.14. The van der Waals surface area contributed by atoms with Gasteiger partial charge in [0, 0.05) is 51.6 Å². The Hall–Kier alpha value is -7.22. The summed E-state index contributed by atoms with van der Waals surface area (Å²) >= 11 is -1.73. The van der Waals surface area contributed by atoms with Crippen molar-refractivity contribution in [2.24, 2.45) is 10.2 Å². The number of azo groups is 1. The maximum absolute atomic E-state index is 13.1. The molecule has 1 amide bonds. The van der Waals surface area contributed by atoms with Crippen LogP contribution in [0.2, 0.25) is 0 Å². The molecule has 4 atom stereocenters. The lowest BCUT2D eigenvalue weighted by atomic mass is 9.80. The summed E-state index contributed by atoms with van der Waals surface area (Å²) in [5.74, 6) is 1.35. The number of benzene rings is 5. The molecule has 0 radical (unpaired) electrons. The van der Waals surface area contributed by atoms with Gasteiger partial charge >= 0.3 is 5.69 Å². The Bertz CT molecular complexity index is 2810. The highest BCUT2D eigenvalue weighted by molar-refractivity contribution is 7.78. The first-order valence-corrected chi connectivity index (χ1v) is 24.3. The zero-order chi connectivity index (χ0) is 50.2. The van der Waals surface area contributed by atoms with Crippen molar-refractivity contribution >= 4 is 40.3 Å². The number of unbranched alkanes of at least 4 members (excludes halogenated alkanes) is 3. The van der Waals surface area contributed by atoms with Crippen LogP contribution in [0.15, 0.2) is 159 Å². The number of hydrogen-bond donors (Lipinski definition) is 4. The standard InChI is InChI=1S/C53H59N7O10S/c1-59(2)43-23-19-41(20-24-43)57-58-42-21-29-46(30-22-42)70-71(65)55-33-11-6-5-10-32-54-49(62)31-14-37-35-60(52(64)56-51(37)63)50-34-47(61)48(69-50)36-68-53(38-12-8-7-9-13-38,39-15-25-44(66-3)26-16-39)40-17-27-45(67-4)28-18-40/h7-9,12-31,35,47-48,50,55,61H,5-6,10-11,32-34,36H2,1-4H3,(H,54,62)(H,56,63,64). The van der Waals surface area contributed by atoms with Crippen molar-refractivity contribution in [2.75, 3.05) is 52.9 Å². The van der Waals surface area contributed by atoms with E-state index in [1.165, 1.54) is 22.9 Å². The minimum Gasteiger partial charge on any atom is -0.497 e. The van der Waals surface area contributed by atoms with Gasteiger partial charge in [-0.05, 0) is 108 Å². The number of methoxy groups -OCH3 is 2. The molecule has 5 aromatic carbocycles. The second-order valence-corrected chi connectivity index (χ2v) is 17.8. The number of anilines is 1. The third-order valence-electron chi connectivity index (χ3n) is 11.8. The Balaban J connectivity index is 0.863. The van der Waals surface area contributed by atoms with Gasteiger partial charge in [0.2, 0.25) is 5.91 Å². The zero-order valence-electron chi connectivity index (χ0n) is 40.1. The molecule has 372 valence electrons. The molecule has 1 fully saturated rings. The number of nitrogens with zero attached hydrogens (tertiary/aromatic N) is 4. The number of H-pyrrole nitrogens is 1. The fourth-order valence-corrected chi connectivity index (χ4v) is 8.62. The number of aromatic amines is 1. The molecule has 0 bridgehead atoms. The lowest BCUT2D eigenvalue weighted by Gasteiger charge is -2.37. The quantitative estimate of drug-likeness (QED) is 0.0201. The molecule has 4 unspecified atom stereocenters. The second kappa shape index (κ2) is 25.1. The van der Waals surface area contributed by atoms with Crippen LogP contribution in [0.4, 0.5) is 17.1 Å². The zero-order valence-corrected chi connectivity index (χ0v) is 40.9. The lowest BCUT2D eigenvalue weighted by Crippen LogP contribution is -2.38. The van der Waals surface area contributed by atoms with Crippen LogP contribution in [0.5, 0.6) is 17.2 Å². The second-order valence-electron chi connectivity index (χ2n) is 16.9. The van der Waals surface area contributed by atoms with Crippen LogP contribution in [-0.2, 0) is 31.1 Å². The molecule has 2 heterocycles. The SMILES string of the molecule is COc1ccc(C(OCC2OC(n3cc(C=CC(=O)NCCCCCCNS(=O)Oc4ccc(N=Nc5ccc(N(C)C)cc5)cc4)c(=O)[nH]c3=O)CC2O)(c2ccccc2)c2ccc(OC)cc2)cc1. The average Bonchev–Trinajstić information content (AvgIpc) is 3.76. The van der Waals surface area contributed by atoms with Gasteiger partial charge in [-0.25, -0.2) is 9.52 Å². The summed E-state index contributed by atoms with van der Waals surface area (Å²) in [6, 6.07) is 39.4. The monoisotopic (exact) mass is 985 g/mol. The molecule has 0 aliphatic carbocycles. The van der Waals surface area contributed by atoms with Gasteiger partial charge < -0.3 is 38.5 Å². The van der Waals surface area contributed by atoms with E-state index in [2.05, 4.69) is 25.3 Å². The predicted octanol–water partition coefficient (Wildman–Crippen LogP) is 7.63. The van der Waals surface area contributed by atoms with E-state index < -0.39 is 52.5 Å². The predicted molar refractivity (Wildman–Crippen MR) is 273 cm³/mol. The number of carbonyl (C=O) groups is 1. The van der Waals surface area contributed by atoms with E-state index in [0.29, 0.717) is 42.4 Å². The molecule has 6 aromatic rings. The first kappa shape index (κ1) is 51.6. The molecule has 1 saturated heterocycles. The highest BCUT2D eigenvalue weighted by Gasteiger charge is 2.42. The first-order chi connectivity index (χ1) is 34.4. The number of hydrogen-bond acceptors (Lipinski definition) is 13. The number of rotatable bonds is 24. The van der Waals surface area contributed by atoms with Gasteiger partial charge in [-0.1, -0.05) is 67.4 Å². The van der Waals surface area contributed by atoms with Gasteiger partial charge in [0.25, 0.3) is 16.8 Å². The van der Waals surface area contributed by atoms with Crippen molar-refractivity contribution in [2.45, 2.75) is 56.1 Å². The highest BCUT2D eigenvalue weighted by atomic mass is 32.2. The number of amides is 1.